The summed E-state index contributed by atoms with van der Waals surface area (Å²) in [5, 5.41) is 9.30. The molecule has 0 aliphatic heterocycles. The van der Waals surface area contributed by atoms with Crippen LogP contribution in [0.5, 0.6) is 11.5 Å². The van der Waals surface area contributed by atoms with E-state index in [1.54, 1.807) is 18.2 Å². The second kappa shape index (κ2) is 6.35. The monoisotopic (exact) mass is 258 g/mol. The van der Waals surface area contributed by atoms with E-state index in [0.717, 1.165) is 6.42 Å². The van der Waals surface area contributed by atoms with Crippen LogP contribution >= 0.6 is 11.6 Å². The highest BCUT2D eigenvalue weighted by Crippen LogP contribution is 2.29. The predicted octanol–water partition coefficient (Wildman–Crippen LogP) is 2.98. The predicted molar refractivity (Wildman–Crippen MR) is 65.0 cm³/mol. The molecule has 1 aromatic rings. The molecule has 0 radical (unpaired) electrons. The molecule has 1 aromatic carbocycles. The van der Waals surface area contributed by atoms with Crippen molar-refractivity contribution in [3.05, 3.63) is 23.2 Å². The normalized spacial score (nSPS) is 11.9. The van der Waals surface area contributed by atoms with Gasteiger partial charge in [-0.1, -0.05) is 24.9 Å². The third kappa shape index (κ3) is 3.82. The van der Waals surface area contributed by atoms with Crippen molar-refractivity contribution in [2.75, 3.05) is 7.11 Å². The van der Waals surface area contributed by atoms with Crippen LogP contribution in [0.1, 0.15) is 19.8 Å². The van der Waals surface area contributed by atoms with Crippen LogP contribution in [0.2, 0.25) is 5.02 Å². The molecule has 0 heterocycles. The molecule has 94 valence electrons. The topological polar surface area (TPSA) is 55.8 Å². The first-order chi connectivity index (χ1) is 8.08. The second-order valence-electron chi connectivity index (χ2n) is 3.53. The van der Waals surface area contributed by atoms with E-state index >= 15 is 0 Å². The van der Waals surface area contributed by atoms with Gasteiger partial charge in [-0.05, 0) is 18.6 Å². The molecule has 0 aliphatic carbocycles. The summed E-state index contributed by atoms with van der Waals surface area (Å²) in [7, 11) is 1.53. The minimum absolute atomic E-state index is 0.340. The van der Waals surface area contributed by atoms with Crippen LogP contribution in [0.3, 0.4) is 0 Å². The molecule has 1 N–H and O–H groups in total. The Morgan fingerprint density at radius 1 is 1.53 bits per heavy atom. The highest BCUT2D eigenvalue weighted by atomic mass is 35.5. The Balaban J connectivity index is 2.82. The van der Waals surface area contributed by atoms with Gasteiger partial charge in [0, 0.05) is 6.07 Å². The average molecular weight is 259 g/mol. The van der Waals surface area contributed by atoms with Crippen LogP contribution in [0.4, 0.5) is 0 Å². The lowest BCUT2D eigenvalue weighted by molar-refractivity contribution is -0.145. The first-order valence-corrected chi connectivity index (χ1v) is 5.69. The third-order valence-electron chi connectivity index (χ3n) is 2.23. The lowest BCUT2D eigenvalue weighted by Gasteiger charge is -2.15. The number of carbonyl (C=O) groups is 1. The van der Waals surface area contributed by atoms with Crippen LogP contribution in [0.25, 0.3) is 0 Å². The van der Waals surface area contributed by atoms with Crippen molar-refractivity contribution in [1.29, 1.82) is 0 Å². The molecule has 1 rings (SSSR count). The standard InChI is InChI=1S/C12H15ClO4/c1-3-4-11(12(14)15)17-10-6-5-8(16-2)7-9(10)13/h5-7,11H,3-4H2,1-2H3,(H,14,15). The van der Waals surface area contributed by atoms with Crippen molar-refractivity contribution in [3.63, 3.8) is 0 Å². The number of hydrogen-bond donors (Lipinski definition) is 1. The molecule has 0 spiro atoms. The highest BCUT2D eigenvalue weighted by Gasteiger charge is 2.19. The Bertz CT molecular complexity index is 392. The van der Waals surface area contributed by atoms with E-state index in [4.69, 9.17) is 26.2 Å². The lowest BCUT2D eigenvalue weighted by Crippen LogP contribution is -2.26. The summed E-state index contributed by atoms with van der Waals surface area (Å²) in [6.45, 7) is 1.90. The number of halogens is 1. The Hall–Kier alpha value is -1.42. The zero-order valence-corrected chi connectivity index (χ0v) is 10.5. The Morgan fingerprint density at radius 2 is 2.24 bits per heavy atom. The molecule has 0 saturated heterocycles. The molecule has 17 heavy (non-hydrogen) atoms. The van der Waals surface area contributed by atoms with Crippen molar-refractivity contribution in [1.82, 2.24) is 0 Å². The fraction of sp³-hybridized carbons (Fsp3) is 0.417. The summed E-state index contributed by atoms with van der Waals surface area (Å²) in [6.07, 6.45) is 0.300. The number of ether oxygens (including phenoxy) is 2. The summed E-state index contributed by atoms with van der Waals surface area (Å²) < 4.78 is 10.4. The zero-order valence-electron chi connectivity index (χ0n) is 9.77. The third-order valence-corrected chi connectivity index (χ3v) is 2.53. The SMILES string of the molecule is CCCC(Oc1ccc(OC)cc1Cl)C(=O)O. The van der Waals surface area contributed by atoms with Crippen LogP contribution < -0.4 is 9.47 Å². The summed E-state index contributed by atoms with van der Waals surface area (Å²) in [5.41, 5.74) is 0. The molecule has 4 nitrogen and oxygen atoms in total. The number of rotatable bonds is 6. The quantitative estimate of drug-likeness (QED) is 0.852. The van der Waals surface area contributed by atoms with Crippen molar-refractivity contribution >= 4 is 17.6 Å². The van der Waals surface area contributed by atoms with Crippen molar-refractivity contribution < 1.29 is 19.4 Å². The fourth-order valence-corrected chi connectivity index (χ4v) is 1.57. The first kappa shape index (κ1) is 13.6. The van der Waals surface area contributed by atoms with E-state index in [1.165, 1.54) is 7.11 Å². The molecule has 0 aliphatic rings. The average Bonchev–Trinajstić information content (AvgIpc) is 2.30. The maximum atomic E-state index is 10.9. The molecule has 5 heteroatoms. The van der Waals surface area contributed by atoms with E-state index in [-0.39, 0.29) is 0 Å². The van der Waals surface area contributed by atoms with Gasteiger partial charge in [0.25, 0.3) is 0 Å². The first-order valence-electron chi connectivity index (χ1n) is 5.31. The number of carboxylic acids is 1. The molecular weight excluding hydrogens is 244 g/mol. The van der Waals surface area contributed by atoms with Crippen LogP contribution in [0, 0.1) is 0 Å². The summed E-state index contributed by atoms with van der Waals surface area (Å²) in [4.78, 5) is 10.9. The van der Waals surface area contributed by atoms with Gasteiger partial charge in [0.05, 0.1) is 12.1 Å². The molecular formula is C12H15ClO4. The van der Waals surface area contributed by atoms with Crippen LogP contribution in [-0.2, 0) is 4.79 Å². The van der Waals surface area contributed by atoms with Gasteiger partial charge in [0.2, 0.25) is 0 Å². The molecule has 0 fully saturated rings. The molecule has 0 aromatic heterocycles. The van der Waals surface area contributed by atoms with Crippen molar-refractivity contribution in [2.45, 2.75) is 25.9 Å². The summed E-state index contributed by atoms with van der Waals surface area (Å²) in [5.74, 6) is -0.0308. The minimum atomic E-state index is -0.987. The number of aliphatic carboxylic acids is 1. The van der Waals surface area contributed by atoms with E-state index in [2.05, 4.69) is 0 Å². The van der Waals surface area contributed by atoms with Crippen LogP contribution in [-0.4, -0.2) is 24.3 Å². The Kier molecular flexibility index (Phi) is 5.10. The molecule has 1 unspecified atom stereocenters. The fourth-order valence-electron chi connectivity index (χ4n) is 1.35. The maximum absolute atomic E-state index is 10.9. The summed E-state index contributed by atoms with van der Waals surface area (Å²) >= 11 is 5.96. The number of benzene rings is 1. The van der Waals surface area contributed by atoms with Gasteiger partial charge in [-0.25, -0.2) is 4.79 Å². The number of carboxylic acid groups (broad SMARTS) is 1. The van der Waals surface area contributed by atoms with Gasteiger partial charge in [0.15, 0.2) is 6.10 Å². The number of methoxy groups -OCH3 is 1. The Morgan fingerprint density at radius 3 is 2.71 bits per heavy atom. The zero-order chi connectivity index (χ0) is 12.8. The maximum Gasteiger partial charge on any atom is 0.344 e. The largest absolute Gasteiger partial charge is 0.497 e. The lowest BCUT2D eigenvalue weighted by atomic mass is 10.2. The van der Waals surface area contributed by atoms with Gasteiger partial charge in [-0.15, -0.1) is 0 Å². The Labute approximate surface area is 105 Å². The van der Waals surface area contributed by atoms with Gasteiger partial charge in [-0.2, -0.15) is 0 Å². The van der Waals surface area contributed by atoms with Crippen molar-refractivity contribution in [3.8, 4) is 11.5 Å². The molecule has 1 atom stereocenters. The van der Waals surface area contributed by atoms with E-state index in [1.807, 2.05) is 6.92 Å². The van der Waals surface area contributed by atoms with Gasteiger partial charge >= 0.3 is 5.97 Å². The van der Waals surface area contributed by atoms with Gasteiger partial charge in [0.1, 0.15) is 11.5 Å². The van der Waals surface area contributed by atoms with E-state index < -0.39 is 12.1 Å². The summed E-state index contributed by atoms with van der Waals surface area (Å²) in [6, 6.07) is 4.86. The van der Waals surface area contributed by atoms with Gasteiger partial charge in [-0.3, -0.25) is 0 Å². The number of hydrogen-bond acceptors (Lipinski definition) is 3. The smallest absolute Gasteiger partial charge is 0.344 e. The van der Waals surface area contributed by atoms with Crippen LogP contribution in [0.15, 0.2) is 18.2 Å². The minimum Gasteiger partial charge on any atom is -0.497 e. The molecule has 0 saturated carbocycles. The second-order valence-corrected chi connectivity index (χ2v) is 3.94. The highest BCUT2D eigenvalue weighted by molar-refractivity contribution is 6.32. The van der Waals surface area contributed by atoms with E-state index in [9.17, 15) is 4.79 Å². The van der Waals surface area contributed by atoms with Gasteiger partial charge < -0.3 is 14.6 Å². The van der Waals surface area contributed by atoms with Crippen molar-refractivity contribution in [2.24, 2.45) is 0 Å². The molecule has 0 bridgehead atoms. The molecule has 0 amide bonds. The van der Waals surface area contributed by atoms with E-state index in [0.29, 0.717) is 22.9 Å².